The van der Waals surface area contributed by atoms with Crippen LogP contribution in [0.4, 0.5) is 0 Å². The second-order valence-electron chi connectivity index (χ2n) is 8.80. The largest absolute Gasteiger partial charge is 0.356 e. The van der Waals surface area contributed by atoms with E-state index in [-0.39, 0.29) is 31.0 Å². The number of carbonyl (C=O) groups excluding carboxylic acids is 1. The fourth-order valence-electron chi connectivity index (χ4n) is 4.25. The van der Waals surface area contributed by atoms with E-state index in [1.165, 1.54) is 14.7 Å². The summed E-state index contributed by atoms with van der Waals surface area (Å²) in [6.07, 6.45) is 1.31. The van der Waals surface area contributed by atoms with Crippen molar-refractivity contribution in [2.24, 2.45) is 0 Å². The number of aromatic nitrogens is 2. The van der Waals surface area contributed by atoms with Gasteiger partial charge in [-0.2, -0.15) is 5.26 Å². The highest BCUT2D eigenvalue weighted by Gasteiger charge is 2.14. The summed E-state index contributed by atoms with van der Waals surface area (Å²) in [6.45, 7) is 2.87. The van der Waals surface area contributed by atoms with Gasteiger partial charge in [-0.3, -0.25) is 18.7 Å². The van der Waals surface area contributed by atoms with Gasteiger partial charge in [-0.05, 0) is 49.1 Å². The Morgan fingerprint density at radius 2 is 1.67 bits per heavy atom. The number of nitrogens with one attached hydrogen (secondary N) is 1. The third-order valence-corrected chi connectivity index (χ3v) is 6.24. The SMILES string of the molecule is Cc1ccc(CCNC(=O)CCCn2c(=O)c3ccccc3n(Cc3ccccc3C#N)c2=O)cc1. The zero-order valence-corrected chi connectivity index (χ0v) is 20.2. The highest BCUT2D eigenvalue weighted by atomic mass is 16.2. The second kappa shape index (κ2) is 11.3. The Morgan fingerprint density at radius 3 is 2.44 bits per heavy atom. The van der Waals surface area contributed by atoms with Crippen LogP contribution in [0.2, 0.25) is 0 Å². The average molecular weight is 481 g/mol. The smallest absolute Gasteiger partial charge is 0.331 e. The predicted octanol–water partition coefficient (Wildman–Crippen LogP) is 3.53. The van der Waals surface area contributed by atoms with Gasteiger partial charge in [0.2, 0.25) is 5.91 Å². The lowest BCUT2D eigenvalue weighted by Gasteiger charge is -2.15. The summed E-state index contributed by atoms with van der Waals surface area (Å²) >= 11 is 0. The number of aryl methyl sites for hydroxylation is 1. The molecule has 1 heterocycles. The number of fused-ring (bicyclic) bond motifs is 1. The molecular formula is C29H28N4O3. The van der Waals surface area contributed by atoms with Crippen LogP contribution in [-0.2, 0) is 24.3 Å². The Morgan fingerprint density at radius 1 is 0.944 bits per heavy atom. The van der Waals surface area contributed by atoms with E-state index in [1.807, 2.05) is 37.3 Å². The van der Waals surface area contributed by atoms with Gasteiger partial charge in [0.1, 0.15) is 0 Å². The molecule has 0 spiro atoms. The maximum Gasteiger partial charge on any atom is 0.331 e. The van der Waals surface area contributed by atoms with E-state index in [2.05, 4.69) is 11.4 Å². The van der Waals surface area contributed by atoms with Gasteiger partial charge in [0.05, 0.1) is 29.1 Å². The normalized spacial score (nSPS) is 10.8. The summed E-state index contributed by atoms with van der Waals surface area (Å²) in [5, 5.41) is 12.8. The van der Waals surface area contributed by atoms with E-state index in [4.69, 9.17) is 0 Å². The zero-order valence-electron chi connectivity index (χ0n) is 20.2. The van der Waals surface area contributed by atoms with Gasteiger partial charge in [0.15, 0.2) is 0 Å². The quantitative estimate of drug-likeness (QED) is 0.396. The van der Waals surface area contributed by atoms with Gasteiger partial charge in [0.25, 0.3) is 5.56 Å². The molecule has 4 aromatic rings. The Kier molecular flexibility index (Phi) is 7.76. The molecule has 0 saturated heterocycles. The maximum absolute atomic E-state index is 13.4. The van der Waals surface area contributed by atoms with Crippen molar-refractivity contribution in [3.63, 3.8) is 0 Å². The lowest BCUT2D eigenvalue weighted by Crippen LogP contribution is -2.40. The first-order valence-corrected chi connectivity index (χ1v) is 12.0. The number of hydrogen-bond acceptors (Lipinski definition) is 4. The molecule has 0 unspecified atom stereocenters. The van der Waals surface area contributed by atoms with Crippen molar-refractivity contribution in [3.05, 3.63) is 116 Å². The molecule has 0 aliphatic rings. The summed E-state index contributed by atoms with van der Waals surface area (Å²) in [5.41, 5.74) is 3.22. The number of nitrogens with zero attached hydrogens (tertiary/aromatic N) is 3. The van der Waals surface area contributed by atoms with Gasteiger partial charge in [-0.25, -0.2) is 4.79 Å². The summed E-state index contributed by atoms with van der Waals surface area (Å²) in [7, 11) is 0. The van der Waals surface area contributed by atoms with Crippen LogP contribution < -0.4 is 16.6 Å². The van der Waals surface area contributed by atoms with E-state index in [1.54, 1.807) is 42.5 Å². The average Bonchev–Trinajstić information content (AvgIpc) is 2.90. The van der Waals surface area contributed by atoms with Crippen LogP contribution in [0.25, 0.3) is 10.9 Å². The van der Waals surface area contributed by atoms with E-state index >= 15 is 0 Å². The number of para-hydroxylation sites is 1. The molecule has 4 rings (SSSR count). The summed E-state index contributed by atoms with van der Waals surface area (Å²) in [4.78, 5) is 38.8. The van der Waals surface area contributed by atoms with Crippen LogP contribution in [0.5, 0.6) is 0 Å². The number of rotatable bonds is 9. The fourth-order valence-corrected chi connectivity index (χ4v) is 4.25. The molecule has 0 atom stereocenters. The van der Waals surface area contributed by atoms with E-state index < -0.39 is 5.69 Å². The fraction of sp³-hybridized carbons (Fsp3) is 0.241. The predicted molar refractivity (Wildman–Crippen MR) is 140 cm³/mol. The molecular weight excluding hydrogens is 452 g/mol. The summed E-state index contributed by atoms with van der Waals surface area (Å²) in [5.74, 6) is -0.112. The number of hydrogen-bond donors (Lipinski definition) is 1. The van der Waals surface area contributed by atoms with Crippen molar-refractivity contribution < 1.29 is 4.79 Å². The van der Waals surface area contributed by atoms with Crippen LogP contribution in [0.1, 0.15) is 35.1 Å². The molecule has 1 aromatic heterocycles. The molecule has 0 fully saturated rings. The molecule has 0 aliphatic carbocycles. The maximum atomic E-state index is 13.4. The minimum atomic E-state index is -0.453. The lowest BCUT2D eigenvalue weighted by molar-refractivity contribution is -0.121. The zero-order chi connectivity index (χ0) is 25.5. The van der Waals surface area contributed by atoms with Crippen molar-refractivity contribution >= 4 is 16.8 Å². The second-order valence-corrected chi connectivity index (χ2v) is 8.80. The molecule has 7 heteroatoms. The Hall–Kier alpha value is -4.44. The Bertz CT molecular complexity index is 1540. The third-order valence-electron chi connectivity index (χ3n) is 6.24. The molecule has 182 valence electrons. The first-order chi connectivity index (χ1) is 17.5. The van der Waals surface area contributed by atoms with E-state index in [9.17, 15) is 19.6 Å². The number of amides is 1. The first-order valence-electron chi connectivity index (χ1n) is 12.0. The van der Waals surface area contributed by atoms with Crippen molar-refractivity contribution in [3.8, 4) is 6.07 Å². The van der Waals surface area contributed by atoms with E-state index in [0.717, 1.165) is 12.0 Å². The molecule has 1 N–H and O–H groups in total. The van der Waals surface area contributed by atoms with Crippen LogP contribution in [-0.4, -0.2) is 21.6 Å². The van der Waals surface area contributed by atoms with Gasteiger partial charge in [-0.15, -0.1) is 0 Å². The number of benzene rings is 3. The molecule has 7 nitrogen and oxygen atoms in total. The molecule has 0 bridgehead atoms. The number of carbonyl (C=O) groups is 1. The van der Waals surface area contributed by atoms with Gasteiger partial charge < -0.3 is 5.32 Å². The standard InChI is InChI=1S/C29H28N4O3/c1-21-12-14-22(15-13-21)16-17-31-27(34)11-6-18-32-28(35)25-9-4-5-10-26(25)33(29(32)36)20-24-8-3-2-7-23(24)19-30/h2-5,7-10,12-15H,6,11,16-18,20H2,1H3,(H,31,34). The number of nitriles is 1. The monoisotopic (exact) mass is 480 g/mol. The van der Waals surface area contributed by atoms with Gasteiger partial charge >= 0.3 is 5.69 Å². The molecule has 0 radical (unpaired) electrons. The van der Waals surface area contributed by atoms with Crippen molar-refractivity contribution in [2.45, 2.75) is 39.3 Å². The van der Waals surface area contributed by atoms with Crippen molar-refractivity contribution in [1.82, 2.24) is 14.5 Å². The van der Waals surface area contributed by atoms with Gasteiger partial charge in [-0.1, -0.05) is 60.2 Å². The first kappa shape index (κ1) is 24.7. The minimum Gasteiger partial charge on any atom is -0.356 e. The molecule has 0 aliphatic heterocycles. The third kappa shape index (κ3) is 5.61. The minimum absolute atomic E-state index is 0.112. The van der Waals surface area contributed by atoms with Gasteiger partial charge in [0, 0.05) is 19.5 Å². The molecule has 36 heavy (non-hydrogen) atoms. The molecule has 0 saturated carbocycles. The van der Waals surface area contributed by atoms with Crippen molar-refractivity contribution in [2.75, 3.05) is 6.54 Å². The highest BCUT2D eigenvalue weighted by Crippen LogP contribution is 2.13. The highest BCUT2D eigenvalue weighted by molar-refractivity contribution is 5.78. The summed E-state index contributed by atoms with van der Waals surface area (Å²) in [6, 6.07) is 24.4. The van der Waals surface area contributed by atoms with Crippen LogP contribution in [0.3, 0.4) is 0 Å². The van der Waals surface area contributed by atoms with Crippen LogP contribution >= 0.6 is 0 Å². The molecule has 3 aromatic carbocycles. The topological polar surface area (TPSA) is 96.9 Å². The Balaban J connectivity index is 1.47. The van der Waals surface area contributed by atoms with Crippen LogP contribution in [0, 0.1) is 18.3 Å². The van der Waals surface area contributed by atoms with Crippen molar-refractivity contribution in [1.29, 1.82) is 5.26 Å². The van der Waals surface area contributed by atoms with E-state index in [0.29, 0.717) is 35.0 Å². The Labute approximate surface area is 209 Å². The molecule has 1 amide bonds. The van der Waals surface area contributed by atoms with Crippen LogP contribution in [0.15, 0.2) is 82.4 Å². The summed E-state index contributed by atoms with van der Waals surface area (Å²) < 4.78 is 2.71. The lowest BCUT2D eigenvalue weighted by atomic mass is 10.1.